The summed E-state index contributed by atoms with van der Waals surface area (Å²) >= 11 is 2.06. The number of benzene rings is 2. The number of fused-ring (bicyclic) bond motifs is 1. The smallest absolute Gasteiger partial charge is 0.405 e. The molecule has 8 heteroatoms. The number of nitrogens with zero attached hydrogens (tertiary/aromatic N) is 2. The van der Waals surface area contributed by atoms with Crippen LogP contribution < -0.4 is 10.9 Å². The van der Waals surface area contributed by atoms with Crippen molar-refractivity contribution >= 4 is 39.6 Å². The van der Waals surface area contributed by atoms with E-state index in [-0.39, 0.29) is 17.1 Å². The zero-order valence-corrected chi connectivity index (χ0v) is 15.2. The standard InChI is InChI=1S/C17H13FIN3O3/c1-9(20-17(24)25)15-21-14-12(6-3-7-13(14)19)16(23)22(15)11-5-2-4-10(18)8-11/h2-9,20H,1H3,(H,24,25). The molecule has 0 spiro atoms. The van der Waals surface area contributed by atoms with Crippen LogP contribution in [0.15, 0.2) is 47.3 Å². The summed E-state index contributed by atoms with van der Waals surface area (Å²) in [7, 11) is 0. The lowest BCUT2D eigenvalue weighted by molar-refractivity contribution is 0.190. The highest BCUT2D eigenvalue weighted by Gasteiger charge is 2.20. The van der Waals surface area contributed by atoms with E-state index in [2.05, 4.69) is 32.9 Å². The summed E-state index contributed by atoms with van der Waals surface area (Å²) in [4.78, 5) is 28.5. The van der Waals surface area contributed by atoms with Crippen LogP contribution >= 0.6 is 22.6 Å². The Hall–Kier alpha value is -2.49. The van der Waals surface area contributed by atoms with Gasteiger partial charge in [-0.25, -0.2) is 14.2 Å². The van der Waals surface area contributed by atoms with Crippen molar-refractivity contribution in [3.05, 3.63) is 68.0 Å². The number of nitrogens with one attached hydrogen (secondary N) is 1. The van der Waals surface area contributed by atoms with Gasteiger partial charge in [0.2, 0.25) is 0 Å². The van der Waals surface area contributed by atoms with E-state index in [0.717, 1.165) is 3.57 Å². The van der Waals surface area contributed by atoms with Crippen molar-refractivity contribution in [1.29, 1.82) is 0 Å². The molecule has 0 aliphatic carbocycles. The van der Waals surface area contributed by atoms with Crippen LogP contribution in [0.5, 0.6) is 0 Å². The molecular weight excluding hydrogens is 440 g/mol. The SMILES string of the molecule is CC(NC(=O)O)c1nc2c(I)cccc2c(=O)n1-c1cccc(F)c1. The van der Waals surface area contributed by atoms with Crippen molar-refractivity contribution in [1.82, 2.24) is 14.9 Å². The molecule has 0 saturated carbocycles. The molecule has 0 aliphatic heterocycles. The molecule has 128 valence electrons. The maximum absolute atomic E-state index is 13.7. The lowest BCUT2D eigenvalue weighted by Crippen LogP contribution is -2.32. The van der Waals surface area contributed by atoms with Crippen LogP contribution in [0.25, 0.3) is 16.6 Å². The molecule has 6 nitrogen and oxygen atoms in total. The van der Waals surface area contributed by atoms with Crippen LogP contribution in [0.3, 0.4) is 0 Å². The first-order valence-electron chi connectivity index (χ1n) is 7.35. The van der Waals surface area contributed by atoms with Crippen LogP contribution in [0.2, 0.25) is 0 Å². The normalized spacial score (nSPS) is 12.1. The monoisotopic (exact) mass is 453 g/mol. The van der Waals surface area contributed by atoms with Crippen molar-refractivity contribution in [3.63, 3.8) is 0 Å². The lowest BCUT2D eigenvalue weighted by atomic mass is 10.2. The number of halogens is 2. The summed E-state index contributed by atoms with van der Waals surface area (Å²) in [5.74, 6) is -0.313. The van der Waals surface area contributed by atoms with Gasteiger partial charge in [-0.1, -0.05) is 12.1 Å². The second kappa shape index (κ2) is 6.79. The number of carboxylic acid groups (broad SMARTS) is 1. The summed E-state index contributed by atoms with van der Waals surface area (Å²) in [6, 6.07) is 9.95. The van der Waals surface area contributed by atoms with Crippen molar-refractivity contribution in [2.75, 3.05) is 0 Å². The molecule has 1 amide bonds. The molecule has 2 N–H and O–H groups in total. The first kappa shape index (κ1) is 17.3. The van der Waals surface area contributed by atoms with Crippen molar-refractivity contribution < 1.29 is 14.3 Å². The fraction of sp³-hybridized carbons (Fsp3) is 0.118. The maximum Gasteiger partial charge on any atom is 0.405 e. The third-order valence-electron chi connectivity index (χ3n) is 3.67. The minimum Gasteiger partial charge on any atom is -0.465 e. The van der Waals surface area contributed by atoms with E-state index in [0.29, 0.717) is 10.9 Å². The largest absolute Gasteiger partial charge is 0.465 e. The molecule has 25 heavy (non-hydrogen) atoms. The highest BCUT2D eigenvalue weighted by molar-refractivity contribution is 14.1. The van der Waals surface area contributed by atoms with Gasteiger partial charge in [0.05, 0.1) is 22.6 Å². The summed E-state index contributed by atoms with van der Waals surface area (Å²) in [5, 5.41) is 11.7. The number of hydrogen-bond donors (Lipinski definition) is 2. The van der Waals surface area contributed by atoms with E-state index >= 15 is 0 Å². The maximum atomic E-state index is 13.7. The molecule has 1 aromatic heterocycles. The minimum absolute atomic E-state index is 0.189. The Kier molecular flexibility index (Phi) is 4.71. The van der Waals surface area contributed by atoms with E-state index in [9.17, 15) is 14.0 Å². The van der Waals surface area contributed by atoms with Crippen molar-refractivity contribution in [3.8, 4) is 5.69 Å². The molecule has 0 radical (unpaired) electrons. The van der Waals surface area contributed by atoms with E-state index < -0.39 is 18.0 Å². The van der Waals surface area contributed by atoms with Gasteiger partial charge >= 0.3 is 6.09 Å². The molecule has 0 aliphatic rings. The van der Waals surface area contributed by atoms with Crippen LogP contribution in [-0.2, 0) is 0 Å². The van der Waals surface area contributed by atoms with E-state index in [1.165, 1.54) is 22.8 Å². The Morgan fingerprint density at radius 3 is 2.72 bits per heavy atom. The second-order valence-electron chi connectivity index (χ2n) is 5.40. The van der Waals surface area contributed by atoms with Crippen molar-refractivity contribution in [2.45, 2.75) is 13.0 Å². The van der Waals surface area contributed by atoms with Crippen LogP contribution in [0, 0.1) is 9.39 Å². The number of carbonyl (C=O) groups is 1. The molecule has 1 atom stereocenters. The molecule has 2 aromatic carbocycles. The summed E-state index contributed by atoms with van der Waals surface area (Å²) < 4.78 is 15.7. The highest BCUT2D eigenvalue weighted by atomic mass is 127. The van der Waals surface area contributed by atoms with E-state index in [4.69, 9.17) is 5.11 Å². The second-order valence-corrected chi connectivity index (χ2v) is 6.56. The highest BCUT2D eigenvalue weighted by Crippen LogP contribution is 2.21. The summed E-state index contributed by atoms with van der Waals surface area (Å²) in [6.07, 6.45) is -1.24. The first-order chi connectivity index (χ1) is 11.9. The number of aromatic nitrogens is 2. The summed E-state index contributed by atoms with van der Waals surface area (Å²) in [5.41, 5.74) is 0.380. The Bertz CT molecular complexity index is 1040. The topological polar surface area (TPSA) is 84.2 Å². The summed E-state index contributed by atoms with van der Waals surface area (Å²) in [6.45, 7) is 1.58. The molecule has 0 bridgehead atoms. The zero-order valence-electron chi connectivity index (χ0n) is 13.0. The lowest BCUT2D eigenvalue weighted by Gasteiger charge is -2.19. The van der Waals surface area contributed by atoms with Crippen LogP contribution in [-0.4, -0.2) is 20.8 Å². The molecule has 0 saturated heterocycles. The van der Waals surface area contributed by atoms with Crippen LogP contribution in [0.1, 0.15) is 18.8 Å². The van der Waals surface area contributed by atoms with Crippen LogP contribution in [0.4, 0.5) is 9.18 Å². The van der Waals surface area contributed by atoms with Gasteiger partial charge in [-0.15, -0.1) is 0 Å². The third kappa shape index (κ3) is 3.34. The fourth-order valence-corrected chi connectivity index (χ4v) is 3.21. The first-order valence-corrected chi connectivity index (χ1v) is 8.43. The van der Waals surface area contributed by atoms with Crippen molar-refractivity contribution in [2.24, 2.45) is 0 Å². The van der Waals surface area contributed by atoms with Gasteiger partial charge < -0.3 is 10.4 Å². The Balaban J connectivity index is 2.38. The van der Waals surface area contributed by atoms with Gasteiger partial charge in [-0.05, 0) is 59.8 Å². The predicted molar refractivity (Wildman–Crippen MR) is 99.6 cm³/mol. The van der Waals surface area contributed by atoms with Gasteiger partial charge in [0.25, 0.3) is 5.56 Å². The average molecular weight is 453 g/mol. The Morgan fingerprint density at radius 2 is 2.04 bits per heavy atom. The Morgan fingerprint density at radius 1 is 1.32 bits per heavy atom. The number of rotatable bonds is 3. The zero-order chi connectivity index (χ0) is 18.1. The quantitative estimate of drug-likeness (QED) is 0.596. The predicted octanol–water partition coefficient (Wildman–Crippen LogP) is 3.46. The number of hydrogen-bond acceptors (Lipinski definition) is 3. The number of amides is 1. The molecular formula is C17H13FIN3O3. The van der Waals surface area contributed by atoms with Gasteiger partial charge in [-0.2, -0.15) is 0 Å². The van der Waals surface area contributed by atoms with Gasteiger partial charge in [0.1, 0.15) is 11.6 Å². The average Bonchev–Trinajstić information content (AvgIpc) is 2.54. The third-order valence-corrected chi connectivity index (χ3v) is 4.54. The fourth-order valence-electron chi connectivity index (χ4n) is 2.60. The van der Waals surface area contributed by atoms with Gasteiger partial charge in [-0.3, -0.25) is 9.36 Å². The molecule has 1 heterocycles. The van der Waals surface area contributed by atoms with E-state index in [1.807, 2.05) is 0 Å². The minimum atomic E-state index is -1.24. The van der Waals surface area contributed by atoms with Gasteiger partial charge in [0.15, 0.2) is 0 Å². The molecule has 1 unspecified atom stereocenters. The Labute approximate surface area is 155 Å². The van der Waals surface area contributed by atoms with E-state index in [1.54, 1.807) is 31.2 Å². The molecule has 0 fully saturated rings. The molecule has 3 rings (SSSR count). The van der Waals surface area contributed by atoms with Gasteiger partial charge in [0, 0.05) is 3.57 Å². The number of para-hydroxylation sites is 1. The molecule has 3 aromatic rings.